The van der Waals surface area contributed by atoms with Crippen LogP contribution in [-0.2, 0) is 0 Å². The maximum Gasteiger partial charge on any atom is 0.188 e. The fourth-order valence-electron chi connectivity index (χ4n) is 2.56. The third-order valence-electron chi connectivity index (χ3n) is 3.52. The molecule has 0 radical (unpaired) electrons. The van der Waals surface area contributed by atoms with Crippen LogP contribution in [0.3, 0.4) is 0 Å². The van der Waals surface area contributed by atoms with Crippen molar-refractivity contribution in [1.29, 1.82) is 0 Å². The summed E-state index contributed by atoms with van der Waals surface area (Å²) in [6.45, 7) is 6.21. The van der Waals surface area contributed by atoms with E-state index in [9.17, 15) is 0 Å². The van der Waals surface area contributed by atoms with Crippen molar-refractivity contribution in [3.05, 3.63) is 28.7 Å². The molecule has 2 aromatic heterocycles. The van der Waals surface area contributed by atoms with E-state index in [1.165, 1.54) is 11.3 Å². The SMILES string of the molecule is Cc1nc(Nc2ncc(C)s2)cc(C2CCN(C)C2)n1. The second-order valence-electron chi connectivity index (χ2n) is 5.37. The van der Waals surface area contributed by atoms with Crippen LogP contribution in [0, 0.1) is 13.8 Å². The van der Waals surface area contributed by atoms with Crippen LogP contribution < -0.4 is 5.32 Å². The molecule has 0 aliphatic carbocycles. The van der Waals surface area contributed by atoms with Crippen molar-refractivity contribution < 1.29 is 0 Å². The Morgan fingerprint density at radius 3 is 2.85 bits per heavy atom. The van der Waals surface area contributed by atoms with Crippen molar-refractivity contribution in [2.24, 2.45) is 0 Å². The Kier molecular flexibility index (Phi) is 3.67. The third kappa shape index (κ3) is 2.96. The zero-order valence-electron chi connectivity index (χ0n) is 12.1. The van der Waals surface area contributed by atoms with Gasteiger partial charge < -0.3 is 10.2 Å². The summed E-state index contributed by atoms with van der Waals surface area (Å²) in [5.41, 5.74) is 1.14. The fourth-order valence-corrected chi connectivity index (χ4v) is 3.23. The Labute approximate surface area is 123 Å². The molecule has 106 valence electrons. The number of aryl methyl sites for hydroxylation is 2. The molecule has 1 aliphatic heterocycles. The smallest absolute Gasteiger partial charge is 0.188 e. The maximum atomic E-state index is 4.60. The van der Waals surface area contributed by atoms with E-state index in [1.54, 1.807) is 11.3 Å². The second kappa shape index (κ2) is 5.46. The highest BCUT2D eigenvalue weighted by atomic mass is 32.1. The van der Waals surface area contributed by atoms with Crippen LogP contribution in [0.15, 0.2) is 12.3 Å². The summed E-state index contributed by atoms with van der Waals surface area (Å²) in [7, 11) is 2.16. The van der Waals surface area contributed by atoms with E-state index in [1.807, 2.05) is 20.0 Å². The van der Waals surface area contributed by atoms with Gasteiger partial charge in [0.2, 0.25) is 0 Å². The van der Waals surface area contributed by atoms with E-state index in [2.05, 4.69) is 38.3 Å². The van der Waals surface area contributed by atoms with Crippen LogP contribution in [0.1, 0.15) is 28.7 Å². The molecule has 3 rings (SSSR count). The number of nitrogens with one attached hydrogen (secondary N) is 1. The van der Waals surface area contributed by atoms with Gasteiger partial charge in [-0.2, -0.15) is 0 Å². The third-order valence-corrected chi connectivity index (χ3v) is 4.35. The number of likely N-dealkylation sites (N-methyl/N-ethyl adjacent to an activating group) is 1. The van der Waals surface area contributed by atoms with Crippen molar-refractivity contribution >= 4 is 22.3 Å². The number of hydrogen-bond acceptors (Lipinski definition) is 6. The van der Waals surface area contributed by atoms with Crippen molar-refractivity contribution in [2.75, 3.05) is 25.5 Å². The number of rotatable bonds is 3. The molecule has 0 saturated carbocycles. The molecule has 5 nitrogen and oxygen atoms in total. The van der Waals surface area contributed by atoms with E-state index < -0.39 is 0 Å². The van der Waals surface area contributed by atoms with Gasteiger partial charge in [0, 0.05) is 29.6 Å². The highest BCUT2D eigenvalue weighted by Crippen LogP contribution is 2.27. The lowest BCUT2D eigenvalue weighted by atomic mass is 10.0. The molecule has 1 aliphatic rings. The summed E-state index contributed by atoms with van der Waals surface area (Å²) in [4.78, 5) is 16.9. The van der Waals surface area contributed by atoms with E-state index in [0.29, 0.717) is 5.92 Å². The van der Waals surface area contributed by atoms with E-state index >= 15 is 0 Å². The molecule has 0 bridgehead atoms. The molecule has 0 aromatic carbocycles. The predicted molar refractivity (Wildman–Crippen MR) is 81.8 cm³/mol. The fraction of sp³-hybridized carbons (Fsp3) is 0.500. The van der Waals surface area contributed by atoms with Gasteiger partial charge in [0.1, 0.15) is 11.6 Å². The van der Waals surface area contributed by atoms with Gasteiger partial charge in [0.15, 0.2) is 5.13 Å². The molecule has 0 spiro atoms. The van der Waals surface area contributed by atoms with Crippen molar-refractivity contribution in [1.82, 2.24) is 19.9 Å². The van der Waals surface area contributed by atoms with Crippen LogP contribution in [0.25, 0.3) is 0 Å². The zero-order chi connectivity index (χ0) is 14.1. The highest BCUT2D eigenvalue weighted by Gasteiger charge is 2.23. The lowest BCUT2D eigenvalue weighted by Crippen LogP contribution is -2.14. The number of nitrogens with zero attached hydrogens (tertiary/aromatic N) is 4. The van der Waals surface area contributed by atoms with Crippen LogP contribution in [0.4, 0.5) is 10.9 Å². The van der Waals surface area contributed by atoms with Crippen LogP contribution in [0.5, 0.6) is 0 Å². The van der Waals surface area contributed by atoms with Crippen LogP contribution in [0.2, 0.25) is 0 Å². The minimum atomic E-state index is 0.514. The predicted octanol–water partition coefficient (Wildman–Crippen LogP) is 2.71. The average molecular weight is 289 g/mol. The first-order valence-corrected chi connectivity index (χ1v) is 7.65. The van der Waals surface area contributed by atoms with Gasteiger partial charge in [-0.1, -0.05) is 0 Å². The first-order chi connectivity index (χ1) is 9.60. The number of thiazole rings is 1. The van der Waals surface area contributed by atoms with Gasteiger partial charge in [-0.15, -0.1) is 11.3 Å². The summed E-state index contributed by atoms with van der Waals surface area (Å²) in [6.07, 6.45) is 3.04. The van der Waals surface area contributed by atoms with Crippen LogP contribution >= 0.6 is 11.3 Å². The zero-order valence-corrected chi connectivity index (χ0v) is 12.9. The van der Waals surface area contributed by atoms with Crippen molar-refractivity contribution in [3.63, 3.8) is 0 Å². The average Bonchev–Trinajstić information content (AvgIpc) is 2.98. The summed E-state index contributed by atoms with van der Waals surface area (Å²) in [6, 6.07) is 2.06. The van der Waals surface area contributed by atoms with Crippen molar-refractivity contribution in [3.8, 4) is 0 Å². The van der Waals surface area contributed by atoms with Gasteiger partial charge in [0.05, 0.1) is 5.69 Å². The van der Waals surface area contributed by atoms with Gasteiger partial charge in [0.25, 0.3) is 0 Å². The quantitative estimate of drug-likeness (QED) is 0.941. The Morgan fingerprint density at radius 1 is 1.35 bits per heavy atom. The minimum absolute atomic E-state index is 0.514. The maximum absolute atomic E-state index is 4.60. The number of aromatic nitrogens is 3. The normalized spacial score (nSPS) is 19.4. The Hall–Kier alpha value is -1.53. The summed E-state index contributed by atoms with van der Waals surface area (Å²) in [5.74, 6) is 2.17. The molecule has 2 aromatic rings. The van der Waals surface area contributed by atoms with E-state index in [4.69, 9.17) is 0 Å². The molecule has 20 heavy (non-hydrogen) atoms. The highest BCUT2D eigenvalue weighted by molar-refractivity contribution is 7.15. The van der Waals surface area contributed by atoms with E-state index in [0.717, 1.165) is 35.6 Å². The van der Waals surface area contributed by atoms with Gasteiger partial charge in [-0.3, -0.25) is 0 Å². The molecule has 1 unspecified atom stereocenters. The lowest BCUT2D eigenvalue weighted by Gasteiger charge is -2.12. The summed E-state index contributed by atoms with van der Waals surface area (Å²) in [5, 5.41) is 4.17. The standard InChI is InChI=1S/C14H19N5S/c1-9-7-15-14(20-9)18-13-6-12(16-10(2)17-13)11-4-5-19(3)8-11/h6-7,11H,4-5,8H2,1-3H3,(H,15,16,17,18). The Balaban J connectivity index is 1.83. The summed E-state index contributed by atoms with van der Waals surface area (Å²) < 4.78 is 0. The molecular weight excluding hydrogens is 270 g/mol. The topological polar surface area (TPSA) is 53.9 Å². The Morgan fingerprint density at radius 2 is 2.20 bits per heavy atom. The Bertz CT molecular complexity index is 609. The molecular formula is C14H19N5S. The van der Waals surface area contributed by atoms with Crippen molar-refractivity contribution in [2.45, 2.75) is 26.2 Å². The number of anilines is 2. The largest absolute Gasteiger partial charge is 0.316 e. The number of likely N-dealkylation sites (tertiary alicyclic amines) is 1. The molecule has 0 amide bonds. The molecule has 1 atom stereocenters. The van der Waals surface area contributed by atoms with E-state index in [-0.39, 0.29) is 0 Å². The van der Waals surface area contributed by atoms with Gasteiger partial charge in [-0.25, -0.2) is 15.0 Å². The monoisotopic (exact) mass is 289 g/mol. The minimum Gasteiger partial charge on any atom is -0.316 e. The molecule has 6 heteroatoms. The van der Waals surface area contributed by atoms with Crippen LogP contribution in [-0.4, -0.2) is 40.0 Å². The van der Waals surface area contributed by atoms with Gasteiger partial charge >= 0.3 is 0 Å². The molecule has 3 heterocycles. The first-order valence-electron chi connectivity index (χ1n) is 6.84. The van der Waals surface area contributed by atoms with Gasteiger partial charge in [-0.05, 0) is 33.9 Å². The second-order valence-corrected chi connectivity index (χ2v) is 6.61. The molecule has 1 fully saturated rings. The molecule has 1 saturated heterocycles. The lowest BCUT2D eigenvalue weighted by molar-refractivity contribution is 0.410. The summed E-state index contributed by atoms with van der Waals surface area (Å²) >= 11 is 1.64. The number of hydrogen-bond donors (Lipinski definition) is 1. The first kappa shape index (κ1) is 13.5. The molecule has 1 N–H and O–H groups in total.